The third kappa shape index (κ3) is 1.61. The molecule has 1 aliphatic heterocycles. The van der Waals surface area contributed by atoms with Gasteiger partial charge in [-0.2, -0.15) is 0 Å². The Morgan fingerprint density at radius 3 is 3.00 bits per heavy atom. The van der Waals surface area contributed by atoms with Crippen LogP contribution in [0.1, 0.15) is 17.5 Å². The molecule has 1 aromatic carbocycles. The Morgan fingerprint density at radius 1 is 1.19 bits per heavy atom. The zero-order chi connectivity index (χ0) is 11.0. The Bertz CT molecular complexity index is 468. The molecule has 0 N–H and O–H groups in total. The normalized spacial score (nSPS) is 20.3. The van der Waals surface area contributed by atoms with Crippen LogP contribution < -0.4 is 0 Å². The molecule has 1 aliphatic carbocycles. The largest absolute Gasteiger partial charge is 0.302 e. The van der Waals surface area contributed by atoms with E-state index in [9.17, 15) is 0 Å². The van der Waals surface area contributed by atoms with Gasteiger partial charge >= 0.3 is 0 Å². The van der Waals surface area contributed by atoms with E-state index in [0.29, 0.717) is 0 Å². The van der Waals surface area contributed by atoms with E-state index in [1.54, 1.807) is 5.57 Å². The average Bonchev–Trinajstić information content (AvgIpc) is 2.47. The number of benzene rings is 1. The summed E-state index contributed by atoms with van der Waals surface area (Å²) in [4.78, 5) is 2.40. The van der Waals surface area contributed by atoms with E-state index in [4.69, 9.17) is 0 Å². The molecule has 1 nitrogen and oxygen atoms in total. The molecule has 0 saturated carbocycles. The van der Waals surface area contributed by atoms with E-state index in [0.717, 1.165) is 13.0 Å². The van der Waals surface area contributed by atoms with E-state index < -0.39 is 0 Å². The first-order valence-electron chi connectivity index (χ1n) is 6.00. The van der Waals surface area contributed by atoms with E-state index in [2.05, 4.69) is 48.4 Å². The summed E-state index contributed by atoms with van der Waals surface area (Å²) in [5, 5.41) is 0. The maximum atomic E-state index is 2.40. The first-order valence-corrected chi connectivity index (χ1v) is 6.00. The lowest BCUT2D eigenvalue weighted by Crippen LogP contribution is -2.26. The van der Waals surface area contributed by atoms with Crippen LogP contribution in [0.3, 0.4) is 0 Å². The number of hydrogen-bond acceptors (Lipinski definition) is 1. The predicted molar refractivity (Wildman–Crippen MR) is 68.3 cm³/mol. The summed E-state index contributed by atoms with van der Waals surface area (Å²) in [6.07, 6.45) is 6.89. The minimum atomic E-state index is 1.08. The van der Waals surface area contributed by atoms with Gasteiger partial charge in [0.05, 0.1) is 0 Å². The fourth-order valence-electron chi connectivity index (χ4n) is 2.71. The van der Waals surface area contributed by atoms with Crippen LogP contribution in [0.5, 0.6) is 0 Å². The van der Waals surface area contributed by atoms with Gasteiger partial charge in [0.1, 0.15) is 0 Å². The molecule has 0 spiro atoms. The SMILES string of the molecule is CN1CCC2=C(C=CCc3ccccc32)C1. The topological polar surface area (TPSA) is 3.24 Å². The number of likely N-dealkylation sites (N-methyl/N-ethyl adjacent to an activating group) is 1. The van der Waals surface area contributed by atoms with Gasteiger partial charge in [-0.25, -0.2) is 0 Å². The van der Waals surface area contributed by atoms with Crippen molar-refractivity contribution in [3.63, 3.8) is 0 Å². The fourth-order valence-corrected chi connectivity index (χ4v) is 2.71. The lowest BCUT2D eigenvalue weighted by molar-refractivity contribution is 0.363. The van der Waals surface area contributed by atoms with Crippen molar-refractivity contribution in [2.24, 2.45) is 0 Å². The molecule has 0 aromatic heterocycles. The van der Waals surface area contributed by atoms with Crippen molar-refractivity contribution in [1.29, 1.82) is 0 Å². The Hall–Kier alpha value is -1.34. The minimum absolute atomic E-state index is 1.08. The highest BCUT2D eigenvalue weighted by Gasteiger charge is 2.19. The molecule has 0 amide bonds. The maximum Gasteiger partial charge on any atom is 0.0233 e. The highest BCUT2D eigenvalue weighted by atomic mass is 15.1. The van der Waals surface area contributed by atoms with Crippen LogP contribution in [0.2, 0.25) is 0 Å². The lowest BCUT2D eigenvalue weighted by Gasteiger charge is -2.26. The molecule has 0 saturated heterocycles. The van der Waals surface area contributed by atoms with Gasteiger partial charge in [0, 0.05) is 13.1 Å². The van der Waals surface area contributed by atoms with E-state index in [1.807, 2.05) is 0 Å². The van der Waals surface area contributed by atoms with Crippen molar-refractivity contribution >= 4 is 5.57 Å². The lowest BCUT2D eigenvalue weighted by atomic mass is 9.91. The summed E-state index contributed by atoms with van der Waals surface area (Å²) in [5.41, 5.74) is 6.05. The zero-order valence-corrected chi connectivity index (χ0v) is 9.74. The van der Waals surface area contributed by atoms with Gasteiger partial charge < -0.3 is 4.90 Å². The second-order valence-electron chi connectivity index (χ2n) is 4.76. The second-order valence-corrected chi connectivity index (χ2v) is 4.76. The van der Waals surface area contributed by atoms with Crippen LogP contribution in [0, 0.1) is 0 Å². The molecular formula is C15H17N. The summed E-state index contributed by atoms with van der Waals surface area (Å²) in [5.74, 6) is 0. The van der Waals surface area contributed by atoms with Crippen molar-refractivity contribution in [2.45, 2.75) is 12.8 Å². The zero-order valence-electron chi connectivity index (χ0n) is 9.74. The van der Waals surface area contributed by atoms with E-state index in [1.165, 1.54) is 29.7 Å². The van der Waals surface area contributed by atoms with Gasteiger partial charge in [0.15, 0.2) is 0 Å². The number of nitrogens with zero attached hydrogens (tertiary/aromatic N) is 1. The van der Waals surface area contributed by atoms with Crippen molar-refractivity contribution in [3.05, 3.63) is 53.1 Å². The molecule has 1 heteroatoms. The van der Waals surface area contributed by atoms with Gasteiger partial charge in [-0.15, -0.1) is 0 Å². The first-order chi connectivity index (χ1) is 7.84. The minimum Gasteiger partial charge on any atom is -0.302 e. The molecule has 0 atom stereocenters. The Balaban J connectivity index is 2.13. The molecule has 82 valence electrons. The molecule has 3 rings (SSSR count). The summed E-state index contributed by atoms with van der Waals surface area (Å²) < 4.78 is 0. The molecule has 0 fully saturated rings. The van der Waals surface area contributed by atoms with Crippen LogP contribution in [0.25, 0.3) is 5.57 Å². The van der Waals surface area contributed by atoms with E-state index in [-0.39, 0.29) is 0 Å². The third-order valence-corrected chi connectivity index (χ3v) is 3.57. The molecule has 1 heterocycles. The number of rotatable bonds is 0. The Labute approximate surface area is 97.1 Å². The monoisotopic (exact) mass is 211 g/mol. The van der Waals surface area contributed by atoms with Gasteiger partial charge in [0.25, 0.3) is 0 Å². The molecule has 16 heavy (non-hydrogen) atoms. The standard InChI is InChI=1S/C15H17N/c1-16-10-9-15-13(11-16)7-4-6-12-5-2-3-8-14(12)15/h2-5,7-8H,6,9-11H2,1H3. The van der Waals surface area contributed by atoms with Gasteiger partial charge in [-0.05, 0) is 42.2 Å². The summed E-state index contributed by atoms with van der Waals surface area (Å²) in [6, 6.07) is 8.84. The summed E-state index contributed by atoms with van der Waals surface area (Å²) in [6.45, 7) is 2.28. The first kappa shape index (κ1) is 9.86. The van der Waals surface area contributed by atoms with Crippen LogP contribution >= 0.6 is 0 Å². The maximum absolute atomic E-state index is 2.40. The van der Waals surface area contributed by atoms with Gasteiger partial charge in [-0.1, -0.05) is 36.4 Å². The summed E-state index contributed by atoms with van der Waals surface area (Å²) in [7, 11) is 2.20. The highest BCUT2D eigenvalue weighted by Crippen LogP contribution is 2.32. The predicted octanol–water partition coefficient (Wildman–Crippen LogP) is 2.89. The van der Waals surface area contributed by atoms with Crippen molar-refractivity contribution in [3.8, 4) is 0 Å². The van der Waals surface area contributed by atoms with Crippen LogP contribution in [-0.2, 0) is 6.42 Å². The summed E-state index contributed by atoms with van der Waals surface area (Å²) >= 11 is 0. The van der Waals surface area contributed by atoms with Crippen LogP contribution in [0.4, 0.5) is 0 Å². The van der Waals surface area contributed by atoms with E-state index >= 15 is 0 Å². The quantitative estimate of drug-likeness (QED) is 0.638. The molecule has 2 aliphatic rings. The molecular weight excluding hydrogens is 194 g/mol. The van der Waals surface area contributed by atoms with Crippen molar-refractivity contribution in [2.75, 3.05) is 20.1 Å². The number of fused-ring (bicyclic) bond motifs is 2. The van der Waals surface area contributed by atoms with Crippen molar-refractivity contribution in [1.82, 2.24) is 4.90 Å². The molecule has 1 aromatic rings. The number of hydrogen-bond donors (Lipinski definition) is 0. The molecule has 0 unspecified atom stereocenters. The molecule has 0 bridgehead atoms. The highest BCUT2D eigenvalue weighted by molar-refractivity contribution is 5.75. The van der Waals surface area contributed by atoms with Crippen LogP contribution in [-0.4, -0.2) is 25.0 Å². The third-order valence-electron chi connectivity index (χ3n) is 3.57. The smallest absolute Gasteiger partial charge is 0.0233 e. The van der Waals surface area contributed by atoms with Crippen LogP contribution in [0.15, 0.2) is 42.0 Å². The average molecular weight is 211 g/mol. The Morgan fingerprint density at radius 2 is 2.06 bits per heavy atom. The molecule has 0 radical (unpaired) electrons. The van der Waals surface area contributed by atoms with Gasteiger partial charge in [0.2, 0.25) is 0 Å². The fraction of sp³-hybridized carbons (Fsp3) is 0.333. The Kier molecular flexibility index (Phi) is 2.41. The van der Waals surface area contributed by atoms with Crippen molar-refractivity contribution < 1.29 is 0 Å². The van der Waals surface area contributed by atoms with Gasteiger partial charge in [-0.3, -0.25) is 0 Å². The number of allylic oxidation sites excluding steroid dienone is 1. The second kappa shape index (κ2) is 3.91.